The number of aliphatic hydroxyl groups is 1. The Labute approximate surface area is 118 Å². The predicted molar refractivity (Wildman–Crippen MR) is 72.0 cm³/mol. The Morgan fingerprint density at radius 2 is 2.20 bits per heavy atom. The summed E-state index contributed by atoms with van der Waals surface area (Å²) in [7, 11) is 1.81. The molecule has 1 fully saturated rings. The maximum atomic E-state index is 12.0. The van der Waals surface area contributed by atoms with Crippen LogP contribution in [0.1, 0.15) is 26.6 Å². The van der Waals surface area contributed by atoms with Gasteiger partial charge in [-0.15, -0.1) is 0 Å². The number of aliphatic hydroxyl groups excluding tert-OH is 1. The number of carbonyl (C=O) groups is 1. The Morgan fingerprint density at radius 3 is 2.75 bits per heavy atom. The van der Waals surface area contributed by atoms with E-state index in [2.05, 4.69) is 10.1 Å². The van der Waals surface area contributed by atoms with Crippen LogP contribution in [0.15, 0.2) is 6.33 Å². The van der Waals surface area contributed by atoms with Gasteiger partial charge in [0.25, 0.3) is 0 Å². The van der Waals surface area contributed by atoms with Crippen LogP contribution in [-0.4, -0.2) is 55.7 Å². The summed E-state index contributed by atoms with van der Waals surface area (Å²) in [6.07, 6.45) is 1.15. The minimum absolute atomic E-state index is 0.0366. The van der Waals surface area contributed by atoms with Gasteiger partial charge >= 0.3 is 6.09 Å². The van der Waals surface area contributed by atoms with Gasteiger partial charge in [-0.05, 0) is 20.8 Å². The first-order valence-corrected chi connectivity index (χ1v) is 6.75. The van der Waals surface area contributed by atoms with Crippen LogP contribution in [0, 0.1) is 5.92 Å². The van der Waals surface area contributed by atoms with Gasteiger partial charge in [0.05, 0.1) is 12.6 Å². The Morgan fingerprint density at radius 1 is 1.50 bits per heavy atom. The van der Waals surface area contributed by atoms with Crippen LogP contribution < -0.4 is 0 Å². The summed E-state index contributed by atoms with van der Waals surface area (Å²) in [6, 6.07) is 0. The predicted octanol–water partition coefficient (Wildman–Crippen LogP) is 0.585. The van der Waals surface area contributed by atoms with E-state index in [-0.39, 0.29) is 12.0 Å². The molecule has 2 unspecified atom stereocenters. The summed E-state index contributed by atoms with van der Waals surface area (Å²) in [4.78, 5) is 17.7. The molecule has 2 heterocycles. The molecule has 7 nitrogen and oxygen atoms in total. The number of amides is 1. The number of hydrogen-bond donors (Lipinski definition) is 1. The smallest absolute Gasteiger partial charge is 0.410 e. The van der Waals surface area contributed by atoms with Crippen molar-refractivity contribution in [3.63, 3.8) is 0 Å². The third-order valence-electron chi connectivity index (χ3n) is 3.31. The van der Waals surface area contributed by atoms with Gasteiger partial charge in [-0.1, -0.05) is 0 Å². The van der Waals surface area contributed by atoms with Crippen LogP contribution in [0.25, 0.3) is 0 Å². The summed E-state index contributed by atoms with van der Waals surface area (Å²) >= 11 is 0. The zero-order valence-electron chi connectivity index (χ0n) is 12.4. The molecular weight excluding hydrogens is 260 g/mol. The maximum Gasteiger partial charge on any atom is 0.410 e. The monoisotopic (exact) mass is 282 g/mol. The number of aromatic nitrogens is 3. The first kappa shape index (κ1) is 14.8. The van der Waals surface area contributed by atoms with Crippen LogP contribution >= 0.6 is 0 Å². The van der Waals surface area contributed by atoms with Crippen LogP contribution in [0.5, 0.6) is 0 Å². The number of hydrogen-bond acceptors (Lipinski definition) is 5. The number of carbonyl (C=O) groups excluding carboxylic acids is 1. The van der Waals surface area contributed by atoms with E-state index in [0.29, 0.717) is 19.5 Å². The summed E-state index contributed by atoms with van der Waals surface area (Å²) in [6.45, 7) is 6.26. The lowest BCUT2D eigenvalue weighted by atomic mass is 10.0. The first-order chi connectivity index (χ1) is 9.26. The normalized spacial score (nSPS) is 23.1. The standard InChI is InChI=1S/C13H22N4O3/c1-13(2,3)20-12(19)17-6-9(10(18)7-17)5-11-14-8-15-16(11)4/h8-10,18H,5-7H2,1-4H3. The van der Waals surface area contributed by atoms with E-state index in [0.717, 1.165) is 5.82 Å². The number of nitrogens with zero attached hydrogens (tertiary/aromatic N) is 4. The highest BCUT2D eigenvalue weighted by Gasteiger charge is 2.36. The van der Waals surface area contributed by atoms with Crippen molar-refractivity contribution in [2.75, 3.05) is 13.1 Å². The Bertz CT molecular complexity index is 480. The van der Waals surface area contributed by atoms with Gasteiger partial charge in [-0.3, -0.25) is 4.68 Å². The summed E-state index contributed by atoms with van der Waals surface area (Å²) in [5.41, 5.74) is -0.524. The maximum absolute atomic E-state index is 12.0. The van der Waals surface area contributed by atoms with Gasteiger partial charge in [-0.2, -0.15) is 5.10 Å². The lowest BCUT2D eigenvalue weighted by molar-refractivity contribution is 0.0269. The molecule has 20 heavy (non-hydrogen) atoms. The molecule has 7 heteroatoms. The Kier molecular flexibility index (Phi) is 3.99. The minimum Gasteiger partial charge on any atom is -0.444 e. The fourth-order valence-corrected chi connectivity index (χ4v) is 2.27. The van der Waals surface area contributed by atoms with Gasteiger partial charge in [0.15, 0.2) is 0 Å². The third-order valence-corrected chi connectivity index (χ3v) is 3.31. The van der Waals surface area contributed by atoms with E-state index >= 15 is 0 Å². The van der Waals surface area contributed by atoms with Crippen LogP contribution in [-0.2, 0) is 18.2 Å². The average Bonchev–Trinajstić information content (AvgIpc) is 2.86. The van der Waals surface area contributed by atoms with Crippen molar-refractivity contribution in [1.29, 1.82) is 0 Å². The molecule has 0 bridgehead atoms. The average molecular weight is 282 g/mol. The number of aryl methyl sites for hydroxylation is 1. The molecule has 1 aliphatic heterocycles. The van der Waals surface area contributed by atoms with Crippen molar-refractivity contribution >= 4 is 6.09 Å². The van der Waals surface area contributed by atoms with Crippen molar-refractivity contribution in [3.8, 4) is 0 Å². The van der Waals surface area contributed by atoms with E-state index in [4.69, 9.17) is 4.74 Å². The van der Waals surface area contributed by atoms with E-state index in [1.165, 1.54) is 6.33 Å². The highest BCUT2D eigenvalue weighted by atomic mass is 16.6. The lowest BCUT2D eigenvalue weighted by Gasteiger charge is -2.24. The van der Waals surface area contributed by atoms with E-state index in [1.807, 2.05) is 27.8 Å². The van der Waals surface area contributed by atoms with Crippen molar-refractivity contribution in [2.45, 2.75) is 38.9 Å². The molecule has 1 N–H and O–H groups in total. The molecule has 1 aromatic rings. The fraction of sp³-hybridized carbons (Fsp3) is 0.769. The van der Waals surface area contributed by atoms with Crippen molar-refractivity contribution in [1.82, 2.24) is 19.7 Å². The van der Waals surface area contributed by atoms with Crippen molar-refractivity contribution in [3.05, 3.63) is 12.2 Å². The minimum atomic E-state index is -0.556. The van der Waals surface area contributed by atoms with Crippen molar-refractivity contribution < 1.29 is 14.6 Å². The molecule has 2 atom stereocenters. The number of β-amino-alcohol motifs (C(OH)–C–C–N with tert-alkyl or cyclic N) is 1. The SMILES string of the molecule is Cn1ncnc1CC1CN(C(=O)OC(C)(C)C)CC1O. The molecule has 1 aliphatic rings. The highest BCUT2D eigenvalue weighted by Crippen LogP contribution is 2.22. The molecule has 1 aromatic heterocycles. The largest absolute Gasteiger partial charge is 0.444 e. The highest BCUT2D eigenvalue weighted by molar-refractivity contribution is 5.68. The number of ether oxygens (including phenoxy) is 1. The van der Waals surface area contributed by atoms with Crippen LogP contribution in [0.4, 0.5) is 4.79 Å². The molecule has 0 spiro atoms. The molecule has 0 aliphatic carbocycles. The molecule has 2 rings (SSSR count). The molecule has 1 saturated heterocycles. The fourth-order valence-electron chi connectivity index (χ4n) is 2.27. The molecule has 0 aromatic carbocycles. The van der Waals surface area contributed by atoms with E-state index < -0.39 is 11.7 Å². The molecule has 1 amide bonds. The molecule has 0 saturated carbocycles. The summed E-state index contributed by atoms with van der Waals surface area (Å²) in [5, 5.41) is 14.1. The van der Waals surface area contributed by atoms with E-state index in [9.17, 15) is 9.90 Å². The zero-order valence-corrected chi connectivity index (χ0v) is 12.4. The zero-order chi connectivity index (χ0) is 14.9. The molecule has 112 valence electrons. The topological polar surface area (TPSA) is 80.5 Å². The summed E-state index contributed by atoms with van der Waals surface area (Å²) < 4.78 is 7.00. The molecule has 0 radical (unpaired) electrons. The first-order valence-electron chi connectivity index (χ1n) is 6.75. The quantitative estimate of drug-likeness (QED) is 0.858. The number of likely N-dealkylation sites (tertiary alicyclic amines) is 1. The van der Waals surface area contributed by atoms with E-state index in [1.54, 1.807) is 9.58 Å². The summed E-state index contributed by atoms with van der Waals surface area (Å²) in [5.74, 6) is 0.769. The second-order valence-corrected chi connectivity index (χ2v) is 6.22. The second kappa shape index (κ2) is 5.40. The van der Waals surface area contributed by atoms with Crippen molar-refractivity contribution in [2.24, 2.45) is 13.0 Å². The van der Waals surface area contributed by atoms with Gasteiger partial charge in [0.1, 0.15) is 17.8 Å². The van der Waals surface area contributed by atoms with Gasteiger partial charge in [0.2, 0.25) is 0 Å². The Hall–Kier alpha value is -1.63. The van der Waals surface area contributed by atoms with Gasteiger partial charge in [-0.25, -0.2) is 9.78 Å². The second-order valence-electron chi connectivity index (χ2n) is 6.22. The van der Waals surface area contributed by atoms with Gasteiger partial charge in [0, 0.05) is 25.9 Å². The number of rotatable bonds is 2. The molecular formula is C13H22N4O3. The van der Waals surface area contributed by atoms with Crippen LogP contribution in [0.2, 0.25) is 0 Å². The lowest BCUT2D eigenvalue weighted by Crippen LogP contribution is -2.35. The third kappa shape index (κ3) is 3.47. The Balaban J connectivity index is 1.95. The van der Waals surface area contributed by atoms with Crippen LogP contribution in [0.3, 0.4) is 0 Å². The van der Waals surface area contributed by atoms with Gasteiger partial charge < -0.3 is 14.7 Å².